The molecule has 0 aliphatic heterocycles. The van der Waals surface area contributed by atoms with Crippen molar-refractivity contribution in [2.45, 2.75) is 150 Å². The molecule has 4 rings (SSSR count). The zero-order valence-electron chi connectivity index (χ0n) is 30.0. The minimum atomic E-state index is -1.90. The summed E-state index contributed by atoms with van der Waals surface area (Å²) in [7, 11) is -2.46. The van der Waals surface area contributed by atoms with E-state index in [1.165, 1.54) is 50.6 Å². The highest BCUT2D eigenvalue weighted by Gasteiger charge is 2.57. The second-order valence-corrected chi connectivity index (χ2v) is 23.5. The highest BCUT2D eigenvalue weighted by Crippen LogP contribution is 2.65. The Labute approximate surface area is 270 Å². The Kier molecular flexibility index (Phi) is 11.3. The van der Waals surface area contributed by atoms with Gasteiger partial charge in [-0.15, -0.1) is 11.8 Å². The standard InChI is InChI=1S/C39H66O2Si2/c1-12-43(13-2,27-26-40-42-37(8,9)29(5)6)41-36-19-15-18-31-20-21-32-34-23-22-33(30(7)17-14-16-28(3)4)38(34,10)25-24-35(32)39(31,36)11/h20-22,28-30,34-36H,12-13,15,17-19,23-27,42H2,1-11H3/t30-,34+,35+,36?,38-,39+/m1/s1. The Morgan fingerprint density at radius 2 is 1.77 bits per heavy atom. The second-order valence-electron chi connectivity index (χ2n) is 16.5. The van der Waals surface area contributed by atoms with Crippen molar-refractivity contribution in [1.29, 1.82) is 0 Å². The van der Waals surface area contributed by atoms with Crippen LogP contribution in [0.15, 0.2) is 34.9 Å². The van der Waals surface area contributed by atoms with Crippen molar-refractivity contribution in [3.05, 3.63) is 34.9 Å². The van der Waals surface area contributed by atoms with E-state index in [0.29, 0.717) is 40.7 Å². The summed E-state index contributed by atoms with van der Waals surface area (Å²) in [5.41, 5.74) is 5.54. The van der Waals surface area contributed by atoms with Gasteiger partial charge in [-0.3, -0.25) is 0 Å². The molecule has 2 nitrogen and oxygen atoms in total. The molecule has 0 N–H and O–H groups in total. The Balaban J connectivity index is 1.51. The molecule has 0 heterocycles. The molecule has 2 fully saturated rings. The first-order chi connectivity index (χ1) is 20.2. The number of hydrogen-bond acceptors (Lipinski definition) is 2. The zero-order valence-corrected chi connectivity index (χ0v) is 32.4. The number of fused-ring (bicyclic) bond motifs is 5. The van der Waals surface area contributed by atoms with Crippen molar-refractivity contribution in [3.8, 4) is 11.8 Å². The monoisotopic (exact) mass is 622 g/mol. The van der Waals surface area contributed by atoms with Crippen LogP contribution in [0.2, 0.25) is 23.2 Å². The summed E-state index contributed by atoms with van der Waals surface area (Å²) in [5.74, 6) is 9.87. The molecule has 6 atom stereocenters. The third kappa shape index (κ3) is 6.96. The first-order valence-corrected chi connectivity index (χ1v) is 21.9. The number of rotatable bonds is 12. The summed E-state index contributed by atoms with van der Waals surface area (Å²) in [6.07, 6.45) is 16.7. The Bertz CT molecular complexity index is 1130. The van der Waals surface area contributed by atoms with Gasteiger partial charge in [0.1, 0.15) is 0 Å². The van der Waals surface area contributed by atoms with Gasteiger partial charge in [-0.05, 0) is 90.8 Å². The van der Waals surface area contributed by atoms with Crippen LogP contribution < -0.4 is 0 Å². The highest BCUT2D eigenvalue weighted by atomic mass is 28.4. The molecule has 0 amide bonds. The molecule has 0 aromatic heterocycles. The van der Waals surface area contributed by atoms with Crippen molar-refractivity contribution < 1.29 is 8.85 Å². The summed E-state index contributed by atoms with van der Waals surface area (Å²) in [4.78, 5) is 0. The maximum Gasteiger partial charge on any atom is 0.194 e. The molecule has 0 saturated heterocycles. The summed E-state index contributed by atoms with van der Waals surface area (Å²) in [6.45, 7) is 27.2. The Morgan fingerprint density at radius 3 is 2.42 bits per heavy atom. The van der Waals surface area contributed by atoms with E-state index < -0.39 is 18.1 Å². The van der Waals surface area contributed by atoms with Gasteiger partial charge in [-0.25, -0.2) is 0 Å². The quantitative estimate of drug-likeness (QED) is 0.0933. The minimum absolute atomic E-state index is 0.138. The van der Waals surface area contributed by atoms with Crippen LogP contribution >= 0.6 is 0 Å². The van der Waals surface area contributed by atoms with E-state index in [4.69, 9.17) is 8.85 Å². The van der Waals surface area contributed by atoms with E-state index in [0.717, 1.165) is 19.1 Å². The van der Waals surface area contributed by atoms with Crippen molar-refractivity contribution in [3.63, 3.8) is 0 Å². The first-order valence-electron chi connectivity index (χ1n) is 18.1. The van der Waals surface area contributed by atoms with E-state index in [-0.39, 0.29) is 10.8 Å². The van der Waals surface area contributed by atoms with Crippen molar-refractivity contribution in [2.75, 3.05) is 6.61 Å². The van der Waals surface area contributed by atoms with Crippen LogP contribution in [0, 0.1) is 52.3 Å². The SMILES string of the molecule is CC[Si](CC)(CCO[SiH2]C(C)(C)C(C)C)OC1CCCC2=CC=C3[C@@H]4CC=C([C@H](C)CC#CC(C)C)[C@@]4(C)CC[C@@H]3[C@]21C. The van der Waals surface area contributed by atoms with Crippen LogP contribution in [0.5, 0.6) is 0 Å². The Hall–Kier alpha value is -0.866. The number of hydrogen-bond donors (Lipinski definition) is 0. The van der Waals surface area contributed by atoms with Gasteiger partial charge in [0.05, 0.1) is 6.10 Å². The van der Waals surface area contributed by atoms with Crippen LogP contribution in [0.1, 0.15) is 121 Å². The fourth-order valence-electron chi connectivity index (χ4n) is 9.02. The van der Waals surface area contributed by atoms with Gasteiger partial charge >= 0.3 is 0 Å². The third-order valence-electron chi connectivity index (χ3n) is 13.0. The molecule has 0 spiro atoms. The lowest BCUT2D eigenvalue weighted by Crippen LogP contribution is -2.54. The van der Waals surface area contributed by atoms with Gasteiger partial charge in [-0.2, -0.15) is 0 Å². The molecule has 2 saturated carbocycles. The second kappa shape index (κ2) is 13.9. The van der Waals surface area contributed by atoms with E-state index in [2.05, 4.69) is 106 Å². The molecule has 0 radical (unpaired) electrons. The lowest BCUT2D eigenvalue weighted by atomic mass is 9.49. The maximum absolute atomic E-state index is 7.62. The smallest absolute Gasteiger partial charge is 0.194 e. The van der Waals surface area contributed by atoms with E-state index in [1.54, 1.807) is 16.7 Å². The fraction of sp³-hybridized carbons (Fsp3) is 0.795. The van der Waals surface area contributed by atoms with Gasteiger partial charge in [-0.1, -0.05) is 111 Å². The molecule has 4 aliphatic rings. The molecular weight excluding hydrogens is 557 g/mol. The van der Waals surface area contributed by atoms with Gasteiger partial charge in [0, 0.05) is 24.4 Å². The first kappa shape index (κ1) is 35.0. The van der Waals surface area contributed by atoms with Gasteiger partial charge < -0.3 is 8.85 Å². The van der Waals surface area contributed by atoms with Crippen molar-refractivity contribution in [2.24, 2.45) is 40.4 Å². The summed E-state index contributed by atoms with van der Waals surface area (Å²) in [6, 6.07) is 3.56. The predicted molar refractivity (Wildman–Crippen MR) is 191 cm³/mol. The van der Waals surface area contributed by atoms with Gasteiger partial charge in [0.2, 0.25) is 0 Å². The molecule has 1 unspecified atom stereocenters. The maximum atomic E-state index is 7.62. The van der Waals surface area contributed by atoms with Gasteiger partial charge in [0.25, 0.3) is 0 Å². The third-order valence-corrected chi connectivity index (χ3v) is 19.5. The predicted octanol–water partition coefficient (Wildman–Crippen LogP) is 10.4. The van der Waals surface area contributed by atoms with E-state index >= 15 is 0 Å². The molecule has 242 valence electrons. The fourth-order valence-corrected chi connectivity index (χ4v) is 13.6. The Morgan fingerprint density at radius 1 is 1.05 bits per heavy atom. The van der Waals surface area contributed by atoms with Crippen LogP contribution in [0.25, 0.3) is 0 Å². The molecule has 43 heavy (non-hydrogen) atoms. The summed E-state index contributed by atoms with van der Waals surface area (Å²) >= 11 is 0. The molecule has 4 aliphatic carbocycles. The minimum Gasteiger partial charge on any atom is -0.424 e. The molecule has 4 heteroatoms. The molecule has 0 bridgehead atoms. The lowest BCUT2D eigenvalue weighted by Gasteiger charge is -2.57. The summed E-state index contributed by atoms with van der Waals surface area (Å²) < 4.78 is 14.1. The van der Waals surface area contributed by atoms with Crippen LogP contribution in [-0.2, 0) is 8.85 Å². The van der Waals surface area contributed by atoms with E-state index in [1.807, 2.05) is 0 Å². The van der Waals surface area contributed by atoms with Crippen molar-refractivity contribution in [1.82, 2.24) is 0 Å². The molecular formula is C39H66O2Si2. The van der Waals surface area contributed by atoms with Gasteiger partial charge in [0.15, 0.2) is 18.1 Å². The average molecular weight is 623 g/mol. The molecule has 0 aromatic carbocycles. The zero-order chi connectivity index (χ0) is 31.6. The van der Waals surface area contributed by atoms with E-state index in [9.17, 15) is 0 Å². The van der Waals surface area contributed by atoms with Crippen LogP contribution in [-0.4, -0.2) is 30.8 Å². The van der Waals surface area contributed by atoms with Crippen molar-refractivity contribution >= 4 is 18.1 Å². The number of allylic oxidation sites excluding steroid dienone is 5. The topological polar surface area (TPSA) is 18.5 Å². The average Bonchev–Trinajstić information content (AvgIpc) is 3.32. The molecule has 0 aromatic rings. The normalized spacial score (nSPS) is 31.7. The highest BCUT2D eigenvalue weighted by molar-refractivity contribution is 6.73. The van der Waals surface area contributed by atoms with Crippen LogP contribution in [0.4, 0.5) is 0 Å². The van der Waals surface area contributed by atoms with Crippen LogP contribution in [0.3, 0.4) is 0 Å². The largest absolute Gasteiger partial charge is 0.424 e. The lowest BCUT2D eigenvalue weighted by molar-refractivity contribution is -0.00577. The summed E-state index contributed by atoms with van der Waals surface area (Å²) in [5, 5.41) is 0.356.